The normalized spacial score (nSPS) is 21.5. The van der Waals surface area contributed by atoms with Crippen molar-refractivity contribution < 1.29 is 21.6 Å². The molecule has 198 valence electrons. The first kappa shape index (κ1) is 27.0. The van der Waals surface area contributed by atoms with Gasteiger partial charge in [0.05, 0.1) is 36.9 Å². The van der Waals surface area contributed by atoms with Crippen LogP contribution < -0.4 is 10.9 Å². The van der Waals surface area contributed by atoms with Crippen LogP contribution in [0.15, 0.2) is 34.3 Å². The van der Waals surface area contributed by atoms with Gasteiger partial charge in [-0.05, 0) is 30.4 Å². The molecule has 14 heteroatoms. The minimum absolute atomic E-state index is 0.00416. The van der Waals surface area contributed by atoms with Gasteiger partial charge in [-0.25, -0.2) is 26.5 Å². The molecule has 0 spiro atoms. The molecule has 0 aromatic carbocycles. The summed E-state index contributed by atoms with van der Waals surface area (Å²) in [5, 5.41) is 6.32. The Morgan fingerprint density at radius 1 is 1.22 bits per heavy atom. The summed E-state index contributed by atoms with van der Waals surface area (Å²) in [5.74, 6) is 0.208. The van der Waals surface area contributed by atoms with Crippen LogP contribution in [0.3, 0.4) is 0 Å². The van der Waals surface area contributed by atoms with Crippen LogP contribution in [0.2, 0.25) is 5.02 Å². The highest BCUT2D eigenvalue weighted by molar-refractivity contribution is 7.92. The van der Waals surface area contributed by atoms with Crippen molar-refractivity contribution >= 4 is 37.1 Å². The Morgan fingerprint density at radius 3 is 2.56 bits per heavy atom. The second-order valence-electron chi connectivity index (χ2n) is 9.29. The molecule has 11 nitrogen and oxygen atoms in total. The molecule has 4 heterocycles. The van der Waals surface area contributed by atoms with Crippen LogP contribution in [0.5, 0.6) is 0 Å². The average molecular weight is 560 g/mol. The zero-order valence-electron chi connectivity index (χ0n) is 20.1. The Balaban J connectivity index is 1.41. The highest BCUT2D eigenvalue weighted by Gasteiger charge is 2.33. The van der Waals surface area contributed by atoms with E-state index in [1.807, 2.05) is 13.8 Å². The number of halogens is 1. The minimum atomic E-state index is -3.74. The predicted octanol–water partition coefficient (Wildman–Crippen LogP) is 1.67. The number of sulfone groups is 1. The van der Waals surface area contributed by atoms with Gasteiger partial charge < -0.3 is 10.1 Å². The van der Waals surface area contributed by atoms with Crippen molar-refractivity contribution in [3.8, 4) is 0 Å². The highest BCUT2D eigenvalue weighted by atomic mass is 35.5. The Hall–Kier alpha value is -2.06. The fraction of sp³-hybridized carbons (Fsp3) is 0.591. The van der Waals surface area contributed by atoms with E-state index in [0.717, 1.165) is 5.56 Å². The molecule has 36 heavy (non-hydrogen) atoms. The summed E-state index contributed by atoms with van der Waals surface area (Å²) < 4.78 is 58.3. The van der Waals surface area contributed by atoms with E-state index in [4.69, 9.17) is 16.3 Å². The van der Waals surface area contributed by atoms with E-state index in [1.54, 1.807) is 12.3 Å². The molecule has 0 radical (unpaired) electrons. The Labute approximate surface area is 215 Å². The first-order chi connectivity index (χ1) is 17.0. The second kappa shape index (κ2) is 10.7. The van der Waals surface area contributed by atoms with Crippen molar-refractivity contribution in [1.29, 1.82) is 0 Å². The van der Waals surface area contributed by atoms with Gasteiger partial charge >= 0.3 is 0 Å². The molecule has 2 fully saturated rings. The third kappa shape index (κ3) is 5.59. The maximum Gasteiger partial charge on any atom is 0.287 e. The summed E-state index contributed by atoms with van der Waals surface area (Å²) >= 11 is 6.29. The fourth-order valence-electron chi connectivity index (χ4n) is 4.24. The van der Waals surface area contributed by atoms with Crippen molar-refractivity contribution in [1.82, 2.24) is 19.1 Å². The van der Waals surface area contributed by atoms with Crippen LogP contribution >= 0.6 is 11.6 Å². The zero-order chi connectivity index (χ0) is 26.1. The number of hydrogen-bond acceptors (Lipinski definition) is 9. The van der Waals surface area contributed by atoms with Crippen molar-refractivity contribution in [2.75, 3.05) is 43.9 Å². The topological polar surface area (TPSA) is 141 Å². The van der Waals surface area contributed by atoms with Crippen molar-refractivity contribution in [2.24, 2.45) is 0 Å². The number of rotatable bonds is 7. The first-order valence-electron chi connectivity index (χ1n) is 11.8. The molecular weight excluding hydrogens is 530 g/mol. The molecule has 1 N–H and O–H groups in total. The molecule has 0 saturated carbocycles. The average Bonchev–Trinajstić information content (AvgIpc) is 2.85. The second-order valence-corrected chi connectivity index (χ2v) is 13.9. The number of aromatic nitrogens is 3. The van der Waals surface area contributed by atoms with Crippen LogP contribution in [0.4, 0.5) is 5.69 Å². The van der Waals surface area contributed by atoms with Crippen LogP contribution in [-0.2, 0) is 24.6 Å². The van der Waals surface area contributed by atoms with E-state index in [-0.39, 0.29) is 66.3 Å². The number of sulfonamides is 1. The number of anilines is 1. The SMILES string of the molecule is CC(C)c1ccc(S(=O)(=O)N2CCC(n3ncc(NC[C@@H]4COCCS4(=O)=O)c(Cl)c3=O)CC2)nc1. The van der Waals surface area contributed by atoms with Gasteiger partial charge in [-0.2, -0.15) is 9.40 Å². The molecule has 2 aliphatic heterocycles. The maximum absolute atomic E-state index is 13.0. The molecule has 2 aliphatic rings. The smallest absolute Gasteiger partial charge is 0.287 e. The summed E-state index contributed by atoms with van der Waals surface area (Å²) in [6.45, 7) is 4.76. The lowest BCUT2D eigenvalue weighted by atomic mass is 10.1. The standard InChI is InChI=1S/C22H30ClN5O6S2/c1-15(2)16-3-4-20(25-11-16)36(32,33)27-7-5-17(6-8-27)28-22(29)21(23)19(13-26-28)24-12-18-14-34-9-10-35(18,30)31/h3-4,11,13,15,17-18,24H,5-10,12,14H2,1-2H3/t18-/m1/s1. The van der Waals surface area contributed by atoms with E-state index >= 15 is 0 Å². The van der Waals surface area contributed by atoms with E-state index in [9.17, 15) is 21.6 Å². The van der Waals surface area contributed by atoms with Gasteiger partial charge in [0.2, 0.25) is 0 Å². The van der Waals surface area contributed by atoms with E-state index < -0.39 is 30.7 Å². The Morgan fingerprint density at radius 2 is 1.94 bits per heavy atom. The van der Waals surface area contributed by atoms with E-state index in [2.05, 4.69) is 15.4 Å². The third-order valence-electron chi connectivity index (χ3n) is 6.59. The zero-order valence-corrected chi connectivity index (χ0v) is 22.5. The largest absolute Gasteiger partial charge is 0.381 e. The van der Waals surface area contributed by atoms with Gasteiger partial charge in [-0.15, -0.1) is 0 Å². The van der Waals surface area contributed by atoms with Gasteiger partial charge in [-0.1, -0.05) is 31.5 Å². The first-order valence-corrected chi connectivity index (χ1v) is 15.3. The Bertz CT molecular complexity index is 1350. The molecule has 0 amide bonds. The van der Waals surface area contributed by atoms with Gasteiger partial charge in [0.15, 0.2) is 14.9 Å². The van der Waals surface area contributed by atoms with Crippen LogP contribution in [0, 0.1) is 0 Å². The summed E-state index contributed by atoms with van der Waals surface area (Å²) in [5.41, 5.74) is 0.688. The number of nitrogens with one attached hydrogen (secondary N) is 1. The number of hydrogen-bond donors (Lipinski definition) is 1. The minimum Gasteiger partial charge on any atom is -0.381 e. The van der Waals surface area contributed by atoms with Crippen LogP contribution in [0.1, 0.15) is 44.2 Å². The molecule has 0 unspecified atom stereocenters. The molecule has 2 aromatic heterocycles. The summed E-state index contributed by atoms with van der Waals surface area (Å²) in [6.07, 6.45) is 3.75. The van der Waals surface area contributed by atoms with Gasteiger partial charge in [0.25, 0.3) is 15.6 Å². The van der Waals surface area contributed by atoms with Gasteiger partial charge in [0.1, 0.15) is 10.3 Å². The summed E-state index contributed by atoms with van der Waals surface area (Å²) in [4.78, 5) is 17.1. The predicted molar refractivity (Wildman–Crippen MR) is 136 cm³/mol. The monoisotopic (exact) mass is 559 g/mol. The molecule has 1 atom stereocenters. The van der Waals surface area contributed by atoms with Crippen molar-refractivity contribution in [3.05, 3.63) is 45.5 Å². The van der Waals surface area contributed by atoms with Gasteiger partial charge in [0, 0.05) is 25.8 Å². The number of nitrogens with zero attached hydrogens (tertiary/aromatic N) is 4. The van der Waals surface area contributed by atoms with E-state index in [0.29, 0.717) is 12.8 Å². The number of pyridine rings is 1. The molecule has 2 aromatic rings. The molecule has 0 bridgehead atoms. The number of ether oxygens (including phenoxy) is 1. The molecule has 0 aliphatic carbocycles. The third-order valence-corrected chi connectivity index (χ3v) is 10.8. The van der Waals surface area contributed by atoms with Crippen molar-refractivity contribution in [3.63, 3.8) is 0 Å². The molecular formula is C22H30ClN5O6S2. The molecule has 2 saturated heterocycles. The number of piperidine rings is 1. The van der Waals surface area contributed by atoms with Gasteiger partial charge in [-0.3, -0.25) is 4.79 Å². The van der Waals surface area contributed by atoms with Crippen molar-refractivity contribution in [2.45, 2.75) is 48.9 Å². The lowest BCUT2D eigenvalue weighted by molar-refractivity contribution is 0.140. The fourth-order valence-corrected chi connectivity index (χ4v) is 7.15. The van der Waals surface area contributed by atoms with Crippen LogP contribution in [-0.4, -0.2) is 79.8 Å². The lowest BCUT2D eigenvalue weighted by Gasteiger charge is -2.31. The lowest BCUT2D eigenvalue weighted by Crippen LogP contribution is -2.42. The summed E-state index contributed by atoms with van der Waals surface area (Å²) in [6, 6.07) is 2.98. The quantitative estimate of drug-likeness (QED) is 0.536. The Kier molecular flexibility index (Phi) is 8.05. The maximum atomic E-state index is 13.0. The van der Waals surface area contributed by atoms with E-state index in [1.165, 1.54) is 21.3 Å². The molecule has 4 rings (SSSR count). The van der Waals surface area contributed by atoms with Crippen LogP contribution in [0.25, 0.3) is 0 Å². The highest BCUT2D eigenvalue weighted by Crippen LogP contribution is 2.27. The summed E-state index contributed by atoms with van der Waals surface area (Å²) in [7, 11) is -7.02.